The highest BCUT2D eigenvalue weighted by atomic mass is 28.3. The molecule has 0 unspecified atom stereocenters. The van der Waals surface area contributed by atoms with Gasteiger partial charge < -0.3 is 9.21 Å². The van der Waals surface area contributed by atoms with E-state index in [9.17, 15) is 14.9 Å². The van der Waals surface area contributed by atoms with E-state index >= 15 is 0 Å². The Hall–Kier alpha value is -2.99. The van der Waals surface area contributed by atoms with Crippen LogP contribution in [0.4, 0.5) is 0 Å². The fourth-order valence-electron chi connectivity index (χ4n) is 3.64. The monoisotopic (exact) mass is 393 g/mol. The van der Waals surface area contributed by atoms with Crippen LogP contribution in [-0.4, -0.2) is 24.9 Å². The van der Waals surface area contributed by atoms with Gasteiger partial charge in [0.1, 0.15) is 11.2 Å². The van der Waals surface area contributed by atoms with E-state index in [4.69, 9.17) is 4.42 Å². The number of carbonyl (C=O) groups excluding carboxylic acids is 1. The molecule has 0 N–H and O–H groups in total. The molecular weight excluding hydrogens is 370 g/mol. The van der Waals surface area contributed by atoms with Gasteiger partial charge >= 0.3 is 0 Å². The maximum atomic E-state index is 13.9. The predicted octanol–water partition coefficient (Wildman–Crippen LogP) is 4.15. The van der Waals surface area contributed by atoms with Gasteiger partial charge in [0.15, 0.2) is 8.07 Å². The Morgan fingerprint density at radius 2 is 1.61 bits per heavy atom. The predicted molar refractivity (Wildman–Crippen MR) is 111 cm³/mol. The van der Waals surface area contributed by atoms with Gasteiger partial charge in [-0.2, -0.15) is 0 Å². The van der Waals surface area contributed by atoms with Gasteiger partial charge in [0.05, 0.1) is 18.1 Å². The molecule has 0 amide bonds. The van der Waals surface area contributed by atoms with Crippen molar-refractivity contribution in [3.63, 3.8) is 0 Å². The molecule has 0 bridgehead atoms. The fourth-order valence-corrected chi connectivity index (χ4v) is 6.09. The molecule has 3 rings (SSSR count). The molecule has 0 fully saturated rings. The van der Waals surface area contributed by atoms with Crippen molar-refractivity contribution < 1.29 is 14.1 Å². The number of hydrogen-bond acceptors (Lipinski definition) is 4. The summed E-state index contributed by atoms with van der Waals surface area (Å²) in [5, 5.41) is 12.5. The minimum atomic E-state index is -2.56. The molecule has 0 aliphatic rings. The first kappa shape index (κ1) is 19.8. The van der Waals surface area contributed by atoms with E-state index in [2.05, 4.69) is 0 Å². The smallest absolute Gasteiger partial charge is 0.214 e. The van der Waals surface area contributed by atoms with Gasteiger partial charge in [-0.1, -0.05) is 78.9 Å². The maximum Gasteiger partial charge on any atom is 0.214 e. The first-order chi connectivity index (χ1) is 13.4. The summed E-state index contributed by atoms with van der Waals surface area (Å²) in [6.45, 7) is 3.65. The molecule has 0 aliphatic carbocycles. The quantitative estimate of drug-likeness (QED) is 0.327. The summed E-state index contributed by atoms with van der Waals surface area (Å²) in [5.41, 5.74) is 0.784. The van der Waals surface area contributed by atoms with Crippen LogP contribution in [0.3, 0.4) is 0 Å². The van der Waals surface area contributed by atoms with Crippen LogP contribution in [0, 0.1) is 10.1 Å². The first-order valence-corrected chi connectivity index (χ1v) is 12.2. The Morgan fingerprint density at radius 1 is 1.00 bits per heavy atom. The number of nitrogens with zero attached hydrogens (tertiary/aromatic N) is 1. The summed E-state index contributed by atoms with van der Waals surface area (Å²) in [7, 11) is -2.56. The normalized spacial score (nSPS) is 13.6. The average Bonchev–Trinajstić information content (AvgIpc) is 3.23. The van der Waals surface area contributed by atoms with Gasteiger partial charge in [-0.15, -0.1) is 0 Å². The maximum absolute atomic E-state index is 13.9. The Balaban J connectivity index is 2.11. The standard InChI is InChI=1S/C22H23NO4Si/c1-28(2,18-12-7-4-8-13-18)22(24)21(17-10-5-3-6-11-17)19(16-23(25)26)20-14-9-15-27-20/h3-15,19,21H,16H2,1-2H3/t19-,21+/m0/s1. The number of benzene rings is 2. The second kappa shape index (κ2) is 8.35. The van der Waals surface area contributed by atoms with Crippen LogP contribution >= 0.6 is 0 Å². The lowest BCUT2D eigenvalue weighted by molar-refractivity contribution is -0.484. The number of hydrogen-bond donors (Lipinski definition) is 0. The molecule has 0 spiro atoms. The zero-order chi connectivity index (χ0) is 20.1. The third-order valence-electron chi connectivity index (χ3n) is 5.21. The molecule has 3 aromatic rings. The average molecular weight is 394 g/mol. The summed E-state index contributed by atoms with van der Waals surface area (Å²) >= 11 is 0. The largest absolute Gasteiger partial charge is 0.469 e. The number of rotatable bonds is 8. The van der Waals surface area contributed by atoms with E-state index in [1.54, 1.807) is 12.1 Å². The third kappa shape index (κ3) is 4.12. The van der Waals surface area contributed by atoms with E-state index < -0.39 is 19.9 Å². The highest BCUT2D eigenvalue weighted by Crippen LogP contribution is 2.36. The first-order valence-electron chi connectivity index (χ1n) is 9.21. The minimum absolute atomic E-state index is 0.0631. The van der Waals surface area contributed by atoms with Crippen molar-refractivity contribution in [2.24, 2.45) is 0 Å². The fraction of sp³-hybridized carbons (Fsp3) is 0.227. The van der Waals surface area contributed by atoms with Crippen molar-refractivity contribution in [3.05, 3.63) is 100 Å². The van der Waals surface area contributed by atoms with E-state index in [1.165, 1.54) is 6.26 Å². The second-order valence-corrected chi connectivity index (χ2v) is 11.7. The summed E-state index contributed by atoms with van der Waals surface area (Å²) < 4.78 is 5.53. The molecule has 28 heavy (non-hydrogen) atoms. The van der Waals surface area contributed by atoms with Crippen molar-refractivity contribution in [3.8, 4) is 0 Å². The van der Waals surface area contributed by atoms with E-state index in [-0.39, 0.29) is 16.9 Å². The lowest BCUT2D eigenvalue weighted by Gasteiger charge is -2.30. The highest BCUT2D eigenvalue weighted by molar-refractivity contribution is 7.13. The van der Waals surface area contributed by atoms with Gasteiger partial charge in [0, 0.05) is 4.92 Å². The molecule has 0 saturated heterocycles. The Labute approximate surface area is 165 Å². The van der Waals surface area contributed by atoms with Crippen molar-refractivity contribution in [1.29, 1.82) is 0 Å². The highest BCUT2D eigenvalue weighted by Gasteiger charge is 2.44. The molecular formula is C22H23NO4Si. The summed E-state index contributed by atoms with van der Waals surface area (Å²) in [4.78, 5) is 25.0. The van der Waals surface area contributed by atoms with E-state index in [1.807, 2.05) is 73.8 Å². The minimum Gasteiger partial charge on any atom is -0.469 e. The lowest BCUT2D eigenvalue weighted by Crippen LogP contribution is -2.53. The molecule has 6 heteroatoms. The molecule has 1 aromatic heterocycles. The third-order valence-corrected chi connectivity index (χ3v) is 8.53. The van der Waals surface area contributed by atoms with Crippen molar-refractivity contribution in [2.45, 2.75) is 24.9 Å². The Morgan fingerprint density at radius 3 is 2.14 bits per heavy atom. The number of carbonyl (C=O) groups is 1. The zero-order valence-corrected chi connectivity index (χ0v) is 16.9. The SMILES string of the molecule is C[Si](C)(C(=O)[C@H](c1ccccc1)[C@@H](C[N+](=O)[O-])c1ccco1)c1ccccc1. The summed E-state index contributed by atoms with van der Waals surface area (Å²) in [6, 6.07) is 22.5. The Bertz CT molecular complexity index is 924. The van der Waals surface area contributed by atoms with Crippen LogP contribution < -0.4 is 5.19 Å². The lowest BCUT2D eigenvalue weighted by atomic mass is 9.85. The molecule has 144 valence electrons. The van der Waals surface area contributed by atoms with Crippen LogP contribution in [0.25, 0.3) is 0 Å². The van der Waals surface area contributed by atoms with Crippen molar-refractivity contribution in [1.82, 2.24) is 0 Å². The molecule has 2 aromatic carbocycles. The zero-order valence-electron chi connectivity index (χ0n) is 15.9. The van der Waals surface area contributed by atoms with Crippen LogP contribution in [0.5, 0.6) is 0 Å². The van der Waals surface area contributed by atoms with Crippen LogP contribution in [-0.2, 0) is 4.79 Å². The molecule has 0 radical (unpaired) electrons. The van der Waals surface area contributed by atoms with Crippen LogP contribution in [0.15, 0.2) is 83.5 Å². The molecule has 5 nitrogen and oxygen atoms in total. The number of nitro groups is 1. The van der Waals surface area contributed by atoms with Gasteiger partial charge in [-0.3, -0.25) is 10.1 Å². The van der Waals surface area contributed by atoms with Gasteiger partial charge in [0.25, 0.3) is 0 Å². The van der Waals surface area contributed by atoms with Gasteiger partial charge in [0.2, 0.25) is 6.54 Å². The van der Waals surface area contributed by atoms with Gasteiger partial charge in [-0.05, 0) is 17.7 Å². The second-order valence-electron chi connectivity index (χ2n) is 7.38. The van der Waals surface area contributed by atoms with E-state index in [0.29, 0.717) is 5.76 Å². The van der Waals surface area contributed by atoms with E-state index in [0.717, 1.165) is 10.8 Å². The molecule has 0 saturated carbocycles. The molecule has 0 aliphatic heterocycles. The Kier molecular flexibility index (Phi) is 5.89. The number of furan rings is 1. The molecule has 1 heterocycles. The molecule has 2 atom stereocenters. The van der Waals surface area contributed by atoms with Crippen molar-refractivity contribution >= 4 is 18.7 Å². The van der Waals surface area contributed by atoms with Crippen LogP contribution in [0.1, 0.15) is 23.2 Å². The van der Waals surface area contributed by atoms with Gasteiger partial charge in [-0.25, -0.2) is 0 Å². The topological polar surface area (TPSA) is 73.3 Å². The summed E-state index contributed by atoms with van der Waals surface area (Å²) in [5.74, 6) is -0.827. The summed E-state index contributed by atoms with van der Waals surface area (Å²) in [6.07, 6.45) is 1.49. The van der Waals surface area contributed by atoms with Crippen LogP contribution in [0.2, 0.25) is 13.1 Å². The van der Waals surface area contributed by atoms with Crippen molar-refractivity contribution in [2.75, 3.05) is 6.54 Å².